The molecule has 0 aliphatic heterocycles. The SMILES string of the molecule is [B]CC(O)=CC[C@H]1[C@H](O)CC(O)[C@@H]1CC=CCCCC(C)=O.[V].[V].[V]. The Labute approximate surface area is 188 Å². The van der Waals surface area contributed by atoms with Crippen molar-refractivity contribution in [3.05, 3.63) is 24.0 Å². The molecule has 4 atom stereocenters. The third kappa shape index (κ3) is 11.9. The van der Waals surface area contributed by atoms with Crippen LogP contribution in [0.1, 0.15) is 45.4 Å². The summed E-state index contributed by atoms with van der Waals surface area (Å²) < 4.78 is 0. The Bertz CT molecular complexity index is 419. The molecule has 137 valence electrons. The Morgan fingerprint density at radius 1 is 1.08 bits per heavy atom. The van der Waals surface area contributed by atoms with Crippen molar-refractivity contribution in [1.82, 2.24) is 0 Å². The van der Waals surface area contributed by atoms with Gasteiger partial charge in [0.25, 0.3) is 0 Å². The molecule has 1 unspecified atom stereocenters. The Morgan fingerprint density at radius 3 is 2.16 bits per heavy atom. The molecule has 0 amide bonds. The number of carbonyl (C=O) groups excluding carboxylic acids is 1. The smallest absolute Gasteiger partial charge is 0.129 e. The molecule has 0 spiro atoms. The fourth-order valence-electron chi connectivity index (χ4n) is 3.03. The van der Waals surface area contributed by atoms with Gasteiger partial charge in [-0.3, -0.25) is 0 Å². The van der Waals surface area contributed by atoms with E-state index in [1.807, 2.05) is 12.2 Å². The molecule has 25 heavy (non-hydrogen) atoms. The molecular formula is C17H27BO4V3. The Hall–Kier alpha value is 0.688. The van der Waals surface area contributed by atoms with E-state index in [1.165, 1.54) is 0 Å². The van der Waals surface area contributed by atoms with Crippen LogP contribution in [-0.2, 0) is 60.5 Å². The van der Waals surface area contributed by atoms with E-state index < -0.39 is 12.2 Å². The quantitative estimate of drug-likeness (QED) is 0.215. The van der Waals surface area contributed by atoms with Crippen molar-refractivity contribution in [3.63, 3.8) is 0 Å². The minimum Gasteiger partial charge on any atom is -0.513 e. The second-order valence-corrected chi connectivity index (χ2v) is 6.13. The van der Waals surface area contributed by atoms with E-state index in [9.17, 15) is 20.1 Å². The van der Waals surface area contributed by atoms with E-state index in [-0.39, 0.29) is 85.4 Å². The maximum Gasteiger partial charge on any atom is 0.129 e. The van der Waals surface area contributed by atoms with Crippen LogP contribution in [0.5, 0.6) is 0 Å². The minimum absolute atomic E-state index is 0. The number of hydrogen-bond donors (Lipinski definition) is 3. The first-order valence-corrected chi connectivity index (χ1v) is 8.04. The molecule has 1 fully saturated rings. The van der Waals surface area contributed by atoms with E-state index in [0.29, 0.717) is 25.7 Å². The summed E-state index contributed by atoms with van der Waals surface area (Å²) in [5, 5.41) is 29.6. The molecule has 1 aliphatic carbocycles. The zero-order valence-electron chi connectivity index (χ0n) is 14.7. The maximum atomic E-state index is 10.8. The van der Waals surface area contributed by atoms with Gasteiger partial charge in [0.1, 0.15) is 5.78 Å². The number of carbonyl (C=O) groups is 1. The molecule has 1 rings (SSSR count). The fraction of sp³-hybridized carbons (Fsp3) is 0.706. The summed E-state index contributed by atoms with van der Waals surface area (Å²) in [6.07, 6.45) is 8.60. The van der Waals surface area contributed by atoms with Crippen LogP contribution in [0.25, 0.3) is 0 Å². The summed E-state index contributed by atoms with van der Waals surface area (Å²) in [6.45, 7) is 1.59. The molecule has 0 aromatic carbocycles. The third-order valence-electron chi connectivity index (χ3n) is 4.33. The van der Waals surface area contributed by atoms with Gasteiger partial charge >= 0.3 is 0 Å². The van der Waals surface area contributed by atoms with Crippen molar-refractivity contribution in [2.24, 2.45) is 11.8 Å². The van der Waals surface area contributed by atoms with Crippen LogP contribution in [0.4, 0.5) is 0 Å². The Kier molecular flexibility index (Phi) is 20.5. The predicted octanol–water partition coefficient (Wildman–Crippen LogP) is 2.46. The number of aliphatic hydroxyl groups is 3. The van der Waals surface area contributed by atoms with Crippen molar-refractivity contribution in [3.8, 4) is 0 Å². The van der Waals surface area contributed by atoms with Crippen molar-refractivity contribution in [2.75, 3.05) is 0 Å². The van der Waals surface area contributed by atoms with Gasteiger partial charge in [0, 0.05) is 62.1 Å². The number of hydrogen-bond acceptors (Lipinski definition) is 4. The summed E-state index contributed by atoms with van der Waals surface area (Å²) in [4.78, 5) is 10.8. The van der Waals surface area contributed by atoms with Gasteiger partial charge in [-0.1, -0.05) is 12.2 Å². The van der Waals surface area contributed by atoms with Crippen LogP contribution >= 0.6 is 0 Å². The van der Waals surface area contributed by atoms with Gasteiger partial charge < -0.3 is 20.1 Å². The van der Waals surface area contributed by atoms with Gasteiger partial charge in [0.2, 0.25) is 0 Å². The molecule has 4 nitrogen and oxygen atoms in total. The summed E-state index contributed by atoms with van der Waals surface area (Å²) in [6, 6.07) is 0. The zero-order chi connectivity index (χ0) is 16.5. The van der Waals surface area contributed by atoms with Gasteiger partial charge in [0.05, 0.1) is 25.8 Å². The van der Waals surface area contributed by atoms with Gasteiger partial charge in [0.15, 0.2) is 0 Å². The van der Waals surface area contributed by atoms with E-state index in [2.05, 4.69) is 0 Å². The molecule has 8 heteroatoms. The van der Waals surface area contributed by atoms with Crippen molar-refractivity contribution in [1.29, 1.82) is 0 Å². The minimum atomic E-state index is -0.548. The monoisotopic (exact) mass is 459 g/mol. The van der Waals surface area contributed by atoms with E-state index in [4.69, 9.17) is 7.85 Å². The number of allylic oxidation sites excluding steroid dienone is 4. The first kappa shape index (κ1) is 30.4. The Morgan fingerprint density at radius 2 is 1.64 bits per heavy atom. The molecular weight excluding hydrogens is 432 g/mol. The number of Topliss-reactive ketones (excluding diaryl/α,β-unsaturated/α-hetero) is 1. The van der Waals surface area contributed by atoms with Crippen LogP contribution in [0, 0.1) is 11.8 Å². The van der Waals surface area contributed by atoms with Gasteiger partial charge in [-0.15, -0.1) is 0 Å². The number of unbranched alkanes of at least 4 members (excludes halogenated alkanes) is 1. The van der Waals surface area contributed by atoms with Crippen molar-refractivity contribution >= 4 is 13.6 Å². The number of rotatable bonds is 9. The molecule has 1 aliphatic rings. The zero-order valence-corrected chi connectivity index (χ0v) is 18.9. The van der Waals surface area contributed by atoms with Crippen molar-refractivity contribution in [2.45, 2.75) is 64.0 Å². The summed E-state index contributed by atoms with van der Waals surface area (Å²) in [5.74, 6) is 0.243. The third-order valence-corrected chi connectivity index (χ3v) is 4.33. The van der Waals surface area contributed by atoms with Crippen LogP contribution in [0.15, 0.2) is 24.0 Å². The first-order valence-electron chi connectivity index (χ1n) is 8.04. The van der Waals surface area contributed by atoms with Gasteiger partial charge in [-0.2, -0.15) is 0 Å². The summed E-state index contributed by atoms with van der Waals surface area (Å²) >= 11 is 0. The predicted molar refractivity (Wildman–Crippen MR) is 87.8 cm³/mol. The van der Waals surface area contributed by atoms with Crippen LogP contribution < -0.4 is 0 Å². The number of aliphatic hydroxyl groups excluding tert-OH is 3. The van der Waals surface area contributed by atoms with Crippen LogP contribution in [0.2, 0.25) is 6.32 Å². The molecule has 0 bridgehead atoms. The van der Waals surface area contributed by atoms with Gasteiger partial charge in [-0.05, 0) is 63.3 Å². The molecule has 5 radical (unpaired) electrons. The molecule has 1 saturated carbocycles. The largest absolute Gasteiger partial charge is 0.513 e. The van der Waals surface area contributed by atoms with Crippen molar-refractivity contribution < 1.29 is 75.8 Å². The fourth-order valence-corrected chi connectivity index (χ4v) is 3.03. The second-order valence-electron chi connectivity index (χ2n) is 6.13. The van der Waals surface area contributed by atoms with Crippen LogP contribution in [0.3, 0.4) is 0 Å². The second kappa shape index (κ2) is 16.8. The van der Waals surface area contributed by atoms with E-state index >= 15 is 0 Å². The average Bonchev–Trinajstić information content (AvgIpc) is 2.73. The molecule has 0 heterocycles. The first-order chi connectivity index (χ1) is 10.5. The molecule has 0 aromatic rings. The molecule has 0 aromatic heterocycles. The van der Waals surface area contributed by atoms with Crippen LogP contribution in [-0.4, -0.2) is 41.2 Å². The molecule has 3 N–H and O–H groups in total. The topological polar surface area (TPSA) is 77.8 Å². The molecule has 0 saturated heterocycles. The summed E-state index contributed by atoms with van der Waals surface area (Å²) in [5.41, 5.74) is 0. The Balaban J connectivity index is -0.00000161. The normalized spacial score (nSPS) is 25.8. The maximum absolute atomic E-state index is 10.8. The standard InChI is InChI=1S/C17H27BO4.3V/c1-12(19)6-4-2-3-5-7-14-15(9-8-13(20)11-18)17(22)10-16(14)21;;;/h3,5,8,14-17,20-22H,2,4,6-7,9-11H2,1H3;;;/t14-,15-,16?,17-;;;/m1.../s1. The average molecular weight is 459 g/mol. The summed E-state index contributed by atoms with van der Waals surface area (Å²) in [7, 11) is 5.34. The number of ketones is 1. The van der Waals surface area contributed by atoms with E-state index in [0.717, 1.165) is 12.8 Å². The van der Waals surface area contributed by atoms with E-state index in [1.54, 1.807) is 13.0 Å². The van der Waals surface area contributed by atoms with Gasteiger partial charge in [-0.25, -0.2) is 0 Å².